The van der Waals surface area contributed by atoms with Gasteiger partial charge in [-0.25, -0.2) is 4.79 Å². The zero-order valence-electron chi connectivity index (χ0n) is 6.51. The van der Waals surface area contributed by atoms with Crippen LogP contribution in [0.25, 0.3) is 0 Å². The van der Waals surface area contributed by atoms with Gasteiger partial charge in [0.1, 0.15) is 6.10 Å². The van der Waals surface area contributed by atoms with Crippen molar-refractivity contribution in [1.29, 1.82) is 0 Å². The van der Waals surface area contributed by atoms with Gasteiger partial charge >= 0.3 is 5.97 Å². The van der Waals surface area contributed by atoms with Gasteiger partial charge in [0.05, 0.1) is 6.26 Å². The minimum absolute atomic E-state index is 0.0226. The second-order valence-corrected chi connectivity index (χ2v) is 2.36. The van der Waals surface area contributed by atoms with Crippen LogP contribution in [0.3, 0.4) is 0 Å². The highest BCUT2D eigenvalue weighted by atomic mass is 16.5. The molecule has 0 radical (unpaired) electrons. The lowest BCUT2D eigenvalue weighted by Crippen LogP contribution is -2.06. The van der Waals surface area contributed by atoms with Crippen LogP contribution in [-0.2, 0) is 9.53 Å². The molecular formula is C9H10O3. The molecule has 0 spiro atoms. The monoisotopic (exact) mass is 166 g/mol. The molecule has 12 heavy (non-hydrogen) atoms. The van der Waals surface area contributed by atoms with E-state index in [0.29, 0.717) is 6.42 Å². The van der Waals surface area contributed by atoms with Crippen molar-refractivity contribution < 1.29 is 14.6 Å². The highest BCUT2D eigenvalue weighted by molar-refractivity contribution is 5.79. The SMILES string of the molecule is O=C(O)C=CCC1C=CC=CO1. The fourth-order valence-electron chi connectivity index (χ4n) is 0.862. The number of rotatable bonds is 3. The van der Waals surface area contributed by atoms with Crippen molar-refractivity contribution in [3.05, 3.63) is 36.6 Å². The number of ether oxygens (including phenoxy) is 1. The normalized spacial score (nSPS) is 21.2. The van der Waals surface area contributed by atoms with Gasteiger partial charge < -0.3 is 9.84 Å². The lowest BCUT2D eigenvalue weighted by atomic mass is 10.2. The van der Waals surface area contributed by atoms with Crippen molar-refractivity contribution in [3.63, 3.8) is 0 Å². The molecule has 0 aliphatic carbocycles. The molecule has 64 valence electrons. The van der Waals surface area contributed by atoms with Gasteiger partial charge in [-0.3, -0.25) is 0 Å². The van der Waals surface area contributed by atoms with Crippen molar-refractivity contribution in [1.82, 2.24) is 0 Å². The molecule has 3 nitrogen and oxygen atoms in total. The van der Waals surface area contributed by atoms with Crippen LogP contribution < -0.4 is 0 Å². The van der Waals surface area contributed by atoms with Gasteiger partial charge in [0.25, 0.3) is 0 Å². The molecule has 3 heteroatoms. The van der Waals surface area contributed by atoms with Crippen LogP contribution in [0.1, 0.15) is 6.42 Å². The summed E-state index contributed by atoms with van der Waals surface area (Å²) in [5, 5.41) is 8.28. The molecule has 0 aromatic carbocycles. The third-order valence-corrected chi connectivity index (χ3v) is 1.40. The van der Waals surface area contributed by atoms with Crippen molar-refractivity contribution in [2.45, 2.75) is 12.5 Å². The molecule has 0 saturated carbocycles. The first kappa shape index (κ1) is 8.59. The van der Waals surface area contributed by atoms with Gasteiger partial charge in [-0.15, -0.1) is 0 Å². The first-order chi connectivity index (χ1) is 5.79. The van der Waals surface area contributed by atoms with Crippen LogP contribution >= 0.6 is 0 Å². The number of hydrogen-bond donors (Lipinski definition) is 1. The summed E-state index contributed by atoms with van der Waals surface area (Å²) in [6.07, 6.45) is 10.4. The number of carboxylic acids is 1. The maximum atomic E-state index is 10.1. The summed E-state index contributed by atoms with van der Waals surface area (Å²) in [4.78, 5) is 10.1. The van der Waals surface area contributed by atoms with Gasteiger partial charge in [-0.2, -0.15) is 0 Å². The molecule has 1 N–H and O–H groups in total. The lowest BCUT2D eigenvalue weighted by Gasteiger charge is -2.11. The Bertz CT molecular complexity index is 238. The van der Waals surface area contributed by atoms with Gasteiger partial charge in [0.2, 0.25) is 0 Å². The van der Waals surface area contributed by atoms with E-state index in [4.69, 9.17) is 9.84 Å². The maximum Gasteiger partial charge on any atom is 0.327 e. The second-order valence-electron chi connectivity index (χ2n) is 2.36. The van der Waals surface area contributed by atoms with E-state index in [2.05, 4.69) is 0 Å². The summed E-state index contributed by atoms with van der Waals surface area (Å²) >= 11 is 0. The summed E-state index contributed by atoms with van der Waals surface area (Å²) in [6.45, 7) is 0. The quantitative estimate of drug-likeness (QED) is 0.646. The highest BCUT2D eigenvalue weighted by Gasteiger charge is 2.02. The largest absolute Gasteiger partial charge is 0.494 e. The molecule has 1 heterocycles. The molecule has 0 aromatic rings. The van der Waals surface area contributed by atoms with E-state index in [0.717, 1.165) is 6.08 Å². The van der Waals surface area contributed by atoms with Crippen LogP contribution in [0.5, 0.6) is 0 Å². The average molecular weight is 166 g/mol. The molecule has 1 rings (SSSR count). The van der Waals surface area contributed by atoms with Crippen LogP contribution in [-0.4, -0.2) is 17.2 Å². The van der Waals surface area contributed by atoms with Gasteiger partial charge in [0.15, 0.2) is 0 Å². The molecule has 0 amide bonds. The molecule has 0 saturated heterocycles. The van der Waals surface area contributed by atoms with E-state index < -0.39 is 5.97 Å². The molecule has 0 aromatic heterocycles. The fourth-order valence-corrected chi connectivity index (χ4v) is 0.862. The van der Waals surface area contributed by atoms with Crippen molar-refractivity contribution in [2.75, 3.05) is 0 Å². The number of carboxylic acid groups (broad SMARTS) is 1. The first-order valence-corrected chi connectivity index (χ1v) is 3.67. The third-order valence-electron chi connectivity index (χ3n) is 1.40. The highest BCUT2D eigenvalue weighted by Crippen LogP contribution is 2.06. The molecule has 1 aliphatic rings. The summed E-state index contributed by atoms with van der Waals surface area (Å²) in [6, 6.07) is 0. The van der Waals surface area contributed by atoms with Gasteiger partial charge in [0, 0.05) is 12.5 Å². The Kier molecular flexibility index (Phi) is 3.14. The lowest BCUT2D eigenvalue weighted by molar-refractivity contribution is -0.131. The Hall–Kier alpha value is -1.51. The van der Waals surface area contributed by atoms with Crippen molar-refractivity contribution in [2.24, 2.45) is 0 Å². The molecule has 1 atom stereocenters. The van der Waals surface area contributed by atoms with E-state index in [1.807, 2.05) is 12.2 Å². The summed E-state index contributed by atoms with van der Waals surface area (Å²) in [5.41, 5.74) is 0. The summed E-state index contributed by atoms with van der Waals surface area (Å²) in [5.74, 6) is -0.926. The zero-order valence-corrected chi connectivity index (χ0v) is 6.51. The van der Waals surface area contributed by atoms with E-state index in [1.54, 1.807) is 18.4 Å². The molecule has 1 unspecified atom stereocenters. The predicted molar refractivity (Wildman–Crippen MR) is 44.5 cm³/mol. The summed E-state index contributed by atoms with van der Waals surface area (Å²) < 4.78 is 5.15. The average Bonchev–Trinajstić information content (AvgIpc) is 2.05. The Morgan fingerprint density at radius 1 is 1.58 bits per heavy atom. The molecule has 1 aliphatic heterocycles. The van der Waals surface area contributed by atoms with E-state index in [1.165, 1.54) is 0 Å². The number of hydrogen-bond acceptors (Lipinski definition) is 2. The topological polar surface area (TPSA) is 46.5 Å². The van der Waals surface area contributed by atoms with E-state index in [-0.39, 0.29) is 6.10 Å². The molecule has 0 bridgehead atoms. The van der Waals surface area contributed by atoms with Crippen molar-refractivity contribution in [3.8, 4) is 0 Å². The van der Waals surface area contributed by atoms with Gasteiger partial charge in [-0.1, -0.05) is 12.2 Å². The first-order valence-electron chi connectivity index (χ1n) is 3.67. The van der Waals surface area contributed by atoms with Crippen LogP contribution in [0, 0.1) is 0 Å². The molecule has 0 fully saturated rings. The Labute approximate surface area is 70.7 Å². The fraction of sp³-hybridized carbons (Fsp3) is 0.222. The standard InChI is InChI=1S/C9H10O3/c10-9(11)6-3-5-8-4-1-2-7-12-8/h1-4,6-8H,5H2,(H,10,11). The Morgan fingerprint density at radius 3 is 3.00 bits per heavy atom. The zero-order chi connectivity index (χ0) is 8.81. The number of carbonyl (C=O) groups is 1. The summed E-state index contributed by atoms with van der Waals surface area (Å²) in [7, 11) is 0. The Morgan fingerprint density at radius 2 is 2.42 bits per heavy atom. The molecular weight excluding hydrogens is 156 g/mol. The smallest absolute Gasteiger partial charge is 0.327 e. The van der Waals surface area contributed by atoms with Crippen LogP contribution in [0.2, 0.25) is 0 Å². The van der Waals surface area contributed by atoms with Gasteiger partial charge in [-0.05, 0) is 12.2 Å². The number of allylic oxidation sites excluding steroid dienone is 2. The minimum Gasteiger partial charge on any atom is -0.494 e. The maximum absolute atomic E-state index is 10.1. The number of aliphatic carboxylic acids is 1. The van der Waals surface area contributed by atoms with E-state index >= 15 is 0 Å². The van der Waals surface area contributed by atoms with E-state index in [9.17, 15) is 4.79 Å². The predicted octanol–water partition coefficient (Wildman–Crippen LogP) is 1.49. The van der Waals surface area contributed by atoms with Crippen LogP contribution in [0.15, 0.2) is 36.6 Å². The minimum atomic E-state index is -0.926. The van der Waals surface area contributed by atoms with Crippen LogP contribution in [0.4, 0.5) is 0 Å². The Balaban J connectivity index is 2.28. The third kappa shape index (κ3) is 3.05. The van der Waals surface area contributed by atoms with Crippen molar-refractivity contribution >= 4 is 5.97 Å². The second kappa shape index (κ2) is 4.38.